The van der Waals surface area contributed by atoms with Gasteiger partial charge in [-0.2, -0.15) is 0 Å². The van der Waals surface area contributed by atoms with Crippen molar-refractivity contribution in [2.24, 2.45) is 5.92 Å². The Morgan fingerprint density at radius 3 is 1.56 bits per heavy atom. The summed E-state index contributed by atoms with van der Waals surface area (Å²) in [4.78, 5) is 78.9. The van der Waals surface area contributed by atoms with E-state index in [2.05, 4.69) is 0 Å². The summed E-state index contributed by atoms with van der Waals surface area (Å²) in [7, 11) is 0. The zero-order chi connectivity index (χ0) is 35.2. The van der Waals surface area contributed by atoms with Gasteiger partial charge in [-0.1, -0.05) is 24.3 Å². The van der Waals surface area contributed by atoms with Crippen molar-refractivity contribution < 1.29 is 47.7 Å². The number of carbonyl (C=O) groups is 6. The first-order chi connectivity index (χ1) is 22.5. The van der Waals surface area contributed by atoms with Crippen molar-refractivity contribution in [3.8, 4) is 0 Å². The van der Waals surface area contributed by atoms with Crippen LogP contribution in [0.3, 0.4) is 0 Å². The minimum Gasteiger partial charge on any atom is -0.456 e. The number of Topliss-reactive ketones (excluding diaryl/α,β-unsaturated/α-hetero) is 2. The number of benzene rings is 1. The van der Waals surface area contributed by atoms with E-state index in [0.717, 1.165) is 18.4 Å². The van der Waals surface area contributed by atoms with Crippen molar-refractivity contribution >= 4 is 35.7 Å². The van der Waals surface area contributed by atoms with E-state index in [0.29, 0.717) is 57.2 Å². The van der Waals surface area contributed by atoms with E-state index in [-0.39, 0.29) is 30.0 Å². The average Bonchev–Trinajstić information content (AvgIpc) is 3.72. The van der Waals surface area contributed by atoms with Crippen LogP contribution in [0.2, 0.25) is 0 Å². The maximum absolute atomic E-state index is 12.9. The van der Waals surface area contributed by atoms with Gasteiger partial charge in [-0.15, -0.1) is 0 Å². The standard InChI is InChI=1S/C36H50N2O10/c1-35(2,3)47-33(43)37-19-7-9-27(37)31(41)45-21-29(39)25-15-11-23(12-16-25)24-13-17-26(18-14-24)30(40)22-46-32(42)28-10-8-20-38(28)34(44)48-36(4,5)6/h11-12,15-16,24,26-28H,7-10,13-14,17-22H2,1-6H3/t24?,26?,27-,28+/m1/s1. The van der Waals surface area contributed by atoms with Crippen molar-refractivity contribution in [1.29, 1.82) is 0 Å². The molecule has 2 aliphatic heterocycles. The molecule has 3 aliphatic rings. The maximum Gasteiger partial charge on any atom is 0.411 e. The van der Waals surface area contributed by atoms with Gasteiger partial charge < -0.3 is 18.9 Å². The Morgan fingerprint density at radius 2 is 1.10 bits per heavy atom. The molecule has 12 nitrogen and oxygen atoms in total. The van der Waals surface area contributed by atoms with Crippen molar-refractivity contribution in [3.63, 3.8) is 0 Å². The summed E-state index contributed by atoms with van der Waals surface area (Å²) >= 11 is 0. The largest absolute Gasteiger partial charge is 0.456 e. The molecule has 3 fully saturated rings. The molecule has 4 rings (SSSR count). The van der Waals surface area contributed by atoms with Gasteiger partial charge in [-0.25, -0.2) is 19.2 Å². The highest BCUT2D eigenvalue weighted by Gasteiger charge is 2.39. The summed E-state index contributed by atoms with van der Waals surface area (Å²) in [6.07, 6.45) is 3.99. The van der Waals surface area contributed by atoms with Crippen molar-refractivity contribution in [2.75, 3.05) is 26.3 Å². The molecular formula is C36H50N2O10. The molecule has 0 spiro atoms. The first-order valence-electron chi connectivity index (χ1n) is 17.0. The lowest BCUT2D eigenvalue weighted by atomic mass is 9.77. The van der Waals surface area contributed by atoms with Crippen molar-refractivity contribution in [2.45, 2.75) is 122 Å². The molecule has 2 amide bonds. The topological polar surface area (TPSA) is 146 Å². The summed E-state index contributed by atoms with van der Waals surface area (Å²) in [5.41, 5.74) is 0.112. The van der Waals surface area contributed by atoms with Crippen LogP contribution in [0.5, 0.6) is 0 Å². The number of rotatable bonds is 9. The lowest BCUT2D eigenvalue weighted by Gasteiger charge is -2.29. The van der Waals surface area contributed by atoms with Gasteiger partial charge in [0.2, 0.25) is 0 Å². The van der Waals surface area contributed by atoms with E-state index < -0.39 is 54.0 Å². The van der Waals surface area contributed by atoms with E-state index >= 15 is 0 Å². The Kier molecular flexibility index (Phi) is 11.9. The van der Waals surface area contributed by atoms with E-state index in [9.17, 15) is 28.8 Å². The molecule has 12 heteroatoms. The van der Waals surface area contributed by atoms with E-state index in [1.54, 1.807) is 53.7 Å². The number of amides is 2. The quantitative estimate of drug-likeness (QED) is 0.185. The Hall–Kier alpha value is -3.96. The predicted octanol–water partition coefficient (Wildman–Crippen LogP) is 5.60. The fourth-order valence-electron chi connectivity index (χ4n) is 6.46. The highest BCUT2D eigenvalue weighted by atomic mass is 16.6. The number of esters is 2. The van der Waals surface area contributed by atoms with Crippen LogP contribution >= 0.6 is 0 Å². The highest BCUT2D eigenvalue weighted by molar-refractivity contribution is 5.98. The highest BCUT2D eigenvalue weighted by Crippen LogP contribution is 2.36. The molecule has 2 heterocycles. The molecule has 0 unspecified atom stereocenters. The van der Waals surface area contributed by atoms with Crippen LogP contribution in [-0.4, -0.2) is 95.1 Å². The minimum absolute atomic E-state index is 0.120. The molecule has 48 heavy (non-hydrogen) atoms. The van der Waals surface area contributed by atoms with E-state index in [4.69, 9.17) is 18.9 Å². The molecule has 0 bridgehead atoms. The van der Waals surface area contributed by atoms with E-state index in [1.165, 1.54) is 9.80 Å². The normalized spacial score (nSPS) is 23.0. The van der Waals surface area contributed by atoms with Crippen LogP contribution in [0.1, 0.15) is 115 Å². The van der Waals surface area contributed by atoms with Gasteiger partial charge in [0.25, 0.3) is 0 Å². The second-order valence-corrected chi connectivity index (χ2v) is 14.9. The number of ketones is 2. The van der Waals surface area contributed by atoms with Crippen LogP contribution in [0.15, 0.2) is 24.3 Å². The van der Waals surface area contributed by atoms with Crippen LogP contribution < -0.4 is 0 Å². The summed E-state index contributed by atoms with van der Waals surface area (Å²) in [5, 5.41) is 0. The summed E-state index contributed by atoms with van der Waals surface area (Å²) in [5.74, 6) is -1.64. The third kappa shape index (κ3) is 10.0. The van der Waals surface area contributed by atoms with Gasteiger partial charge in [0, 0.05) is 24.6 Å². The second-order valence-electron chi connectivity index (χ2n) is 14.9. The number of hydrogen-bond donors (Lipinski definition) is 0. The van der Waals surface area contributed by atoms with Gasteiger partial charge in [-0.05, 0) is 104 Å². The smallest absolute Gasteiger partial charge is 0.411 e. The SMILES string of the molecule is CC(C)(C)OC(=O)N1CCC[C@@H]1C(=O)OCC(=O)c1ccc(C2CCC(C(=O)COC(=O)[C@@H]3CCCN3C(=O)OC(C)(C)C)CC2)cc1. The Bertz CT molecular complexity index is 1350. The first kappa shape index (κ1) is 36.9. The molecule has 0 aromatic heterocycles. The third-order valence-electron chi connectivity index (χ3n) is 8.89. The summed E-state index contributed by atoms with van der Waals surface area (Å²) in [6.45, 7) is 10.6. The lowest BCUT2D eigenvalue weighted by Crippen LogP contribution is -2.44. The molecule has 2 saturated heterocycles. The lowest BCUT2D eigenvalue weighted by molar-refractivity contribution is -0.153. The van der Waals surface area contributed by atoms with Crippen LogP contribution in [0.4, 0.5) is 9.59 Å². The molecule has 1 aromatic rings. The third-order valence-corrected chi connectivity index (χ3v) is 8.89. The molecule has 1 aliphatic carbocycles. The second kappa shape index (κ2) is 15.5. The predicted molar refractivity (Wildman–Crippen MR) is 174 cm³/mol. The molecule has 0 N–H and O–H groups in total. The number of hydrogen-bond acceptors (Lipinski definition) is 10. The van der Waals surface area contributed by atoms with Gasteiger partial charge >= 0.3 is 24.1 Å². The molecule has 1 aromatic carbocycles. The fourth-order valence-corrected chi connectivity index (χ4v) is 6.46. The minimum atomic E-state index is -0.772. The van der Waals surface area contributed by atoms with Gasteiger partial charge in [0.15, 0.2) is 18.2 Å². The van der Waals surface area contributed by atoms with Crippen LogP contribution in [-0.2, 0) is 33.3 Å². The number of nitrogens with zero attached hydrogens (tertiary/aromatic N) is 2. The van der Waals surface area contributed by atoms with Crippen molar-refractivity contribution in [3.05, 3.63) is 35.4 Å². The maximum atomic E-state index is 12.9. The zero-order valence-corrected chi connectivity index (χ0v) is 29.1. The molecule has 2 atom stereocenters. The first-order valence-corrected chi connectivity index (χ1v) is 17.0. The average molecular weight is 671 g/mol. The molecule has 264 valence electrons. The molecular weight excluding hydrogens is 620 g/mol. The number of likely N-dealkylation sites (tertiary alicyclic amines) is 2. The fraction of sp³-hybridized carbons (Fsp3) is 0.667. The Labute approximate surface area is 282 Å². The Morgan fingerprint density at radius 1 is 0.646 bits per heavy atom. The van der Waals surface area contributed by atoms with Gasteiger partial charge in [0.1, 0.15) is 29.9 Å². The zero-order valence-electron chi connectivity index (χ0n) is 29.1. The number of ether oxygens (including phenoxy) is 4. The van der Waals surface area contributed by atoms with Gasteiger partial charge in [0.05, 0.1) is 0 Å². The monoisotopic (exact) mass is 670 g/mol. The van der Waals surface area contributed by atoms with Crippen LogP contribution in [0, 0.1) is 5.92 Å². The number of carbonyl (C=O) groups excluding carboxylic acids is 6. The van der Waals surface area contributed by atoms with Crippen LogP contribution in [0.25, 0.3) is 0 Å². The summed E-state index contributed by atoms with van der Waals surface area (Å²) < 4.78 is 21.5. The van der Waals surface area contributed by atoms with Crippen molar-refractivity contribution in [1.82, 2.24) is 9.80 Å². The molecule has 1 saturated carbocycles. The summed E-state index contributed by atoms with van der Waals surface area (Å²) in [6, 6.07) is 5.70. The van der Waals surface area contributed by atoms with E-state index in [1.807, 2.05) is 12.1 Å². The molecule has 0 radical (unpaired) electrons. The van der Waals surface area contributed by atoms with Gasteiger partial charge in [-0.3, -0.25) is 19.4 Å². The Balaban J connectivity index is 1.19.